The minimum atomic E-state index is -1.19. The Morgan fingerprint density at radius 2 is 1.86 bits per heavy atom. The van der Waals surface area contributed by atoms with Crippen LogP contribution >= 0.6 is 0 Å². The maximum Gasteiger partial charge on any atom is 0.408 e. The summed E-state index contributed by atoms with van der Waals surface area (Å²) in [4.78, 5) is 34.7. The second-order valence-electron chi connectivity index (χ2n) is 7.05. The topological polar surface area (TPSA) is 145 Å². The number of amides is 2. The molecule has 0 unspecified atom stereocenters. The summed E-state index contributed by atoms with van der Waals surface area (Å²) in [5, 5.41) is 32.7. The number of carboxylic acid groups (broad SMARTS) is 1. The number of phenolic OH excluding ortho intramolecular Hbond substituents is 2. The molecule has 9 nitrogen and oxygen atoms in total. The van der Waals surface area contributed by atoms with Crippen LogP contribution in [0.5, 0.6) is 11.5 Å². The Kier molecular flexibility index (Phi) is 8.30. The van der Waals surface area contributed by atoms with E-state index in [0.717, 1.165) is 0 Å². The molecule has 5 N–H and O–H groups in total. The van der Waals surface area contributed by atoms with Gasteiger partial charge in [0, 0.05) is 12.6 Å². The molecular weight excluding hydrogens is 368 g/mol. The van der Waals surface area contributed by atoms with Crippen molar-refractivity contribution in [3.8, 4) is 11.5 Å². The van der Waals surface area contributed by atoms with Crippen molar-refractivity contribution in [2.45, 2.75) is 45.3 Å². The normalized spacial score (nSPS) is 12.4. The molecule has 9 heteroatoms. The number of aromatic hydroxyl groups is 2. The number of alkyl carbamates (subject to hydrolysis) is 1. The fraction of sp³-hybridized carbons (Fsp3) is 0.421. The third-order valence-corrected chi connectivity index (χ3v) is 3.38. The largest absolute Gasteiger partial charge is 0.504 e. The van der Waals surface area contributed by atoms with Gasteiger partial charge in [0.15, 0.2) is 11.5 Å². The first-order valence-electron chi connectivity index (χ1n) is 8.68. The molecule has 28 heavy (non-hydrogen) atoms. The van der Waals surface area contributed by atoms with Crippen molar-refractivity contribution in [1.29, 1.82) is 0 Å². The van der Waals surface area contributed by atoms with Gasteiger partial charge in [0.25, 0.3) is 0 Å². The minimum absolute atomic E-state index is 0.115. The Morgan fingerprint density at radius 1 is 1.18 bits per heavy atom. The van der Waals surface area contributed by atoms with E-state index in [1.807, 2.05) is 0 Å². The van der Waals surface area contributed by atoms with Crippen LogP contribution in [0.4, 0.5) is 4.79 Å². The molecule has 0 bridgehead atoms. The third-order valence-electron chi connectivity index (χ3n) is 3.38. The molecule has 0 saturated heterocycles. The SMILES string of the molecule is CC(C)(C)OC(=O)N[C@@H](CCCNC(=O)/C=C/c1ccc(O)c(O)c1)C(=O)O. The highest BCUT2D eigenvalue weighted by molar-refractivity contribution is 5.91. The molecule has 0 aliphatic carbocycles. The molecule has 1 aromatic rings. The first-order valence-corrected chi connectivity index (χ1v) is 8.68. The number of carboxylic acids is 1. The summed E-state index contributed by atoms with van der Waals surface area (Å²) in [5.41, 5.74) is -0.209. The molecule has 0 aromatic heterocycles. The summed E-state index contributed by atoms with van der Waals surface area (Å²) in [6.07, 6.45) is 2.33. The fourth-order valence-corrected chi connectivity index (χ4v) is 2.10. The lowest BCUT2D eigenvalue weighted by Crippen LogP contribution is -2.43. The summed E-state index contributed by atoms with van der Waals surface area (Å²) in [6.45, 7) is 5.23. The number of carbonyl (C=O) groups is 3. The first kappa shape index (κ1) is 22.8. The zero-order chi connectivity index (χ0) is 21.3. The number of aliphatic carboxylic acids is 1. The number of benzene rings is 1. The molecule has 1 atom stereocenters. The van der Waals surface area contributed by atoms with Crippen molar-refractivity contribution in [2.75, 3.05) is 6.54 Å². The number of carbonyl (C=O) groups excluding carboxylic acids is 2. The quantitative estimate of drug-likeness (QED) is 0.257. The van der Waals surface area contributed by atoms with Gasteiger partial charge in [-0.15, -0.1) is 0 Å². The van der Waals surface area contributed by atoms with Crippen LogP contribution in [0.2, 0.25) is 0 Å². The monoisotopic (exact) mass is 394 g/mol. The van der Waals surface area contributed by atoms with Gasteiger partial charge >= 0.3 is 12.1 Å². The average Bonchev–Trinajstić information content (AvgIpc) is 2.56. The second-order valence-corrected chi connectivity index (χ2v) is 7.05. The number of hydrogen-bond donors (Lipinski definition) is 5. The van der Waals surface area contributed by atoms with E-state index in [1.54, 1.807) is 20.8 Å². The smallest absolute Gasteiger partial charge is 0.408 e. The minimum Gasteiger partial charge on any atom is -0.504 e. The molecule has 0 fully saturated rings. The molecular formula is C19H26N2O7. The summed E-state index contributed by atoms with van der Waals surface area (Å²) in [7, 11) is 0. The molecule has 0 heterocycles. The molecule has 0 spiro atoms. The van der Waals surface area contributed by atoms with Gasteiger partial charge in [0.1, 0.15) is 11.6 Å². The van der Waals surface area contributed by atoms with Crippen molar-refractivity contribution >= 4 is 24.0 Å². The molecule has 2 amide bonds. The van der Waals surface area contributed by atoms with Crippen molar-refractivity contribution in [3.05, 3.63) is 29.8 Å². The Bertz CT molecular complexity index is 738. The predicted octanol–water partition coefficient (Wildman–Crippen LogP) is 1.99. The highest BCUT2D eigenvalue weighted by Crippen LogP contribution is 2.25. The van der Waals surface area contributed by atoms with Gasteiger partial charge in [-0.25, -0.2) is 9.59 Å². The maximum atomic E-state index is 11.8. The first-order chi connectivity index (χ1) is 13.0. The Hall–Kier alpha value is -3.23. The third kappa shape index (κ3) is 8.93. The van der Waals surface area contributed by atoms with Gasteiger partial charge < -0.3 is 30.7 Å². The van der Waals surface area contributed by atoms with Gasteiger partial charge in [0.05, 0.1) is 0 Å². The van der Waals surface area contributed by atoms with Crippen LogP contribution in [0.1, 0.15) is 39.2 Å². The van der Waals surface area contributed by atoms with Gasteiger partial charge in [0.2, 0.25) is 5.91 Å². The van der Waals surface area contributed by atoms with Gasteiger partial charge in [-0.05, 0) is 57.4 Å². The molecule has 1 rings (SSSR count). The highest BCUT2D eigenvalue weighted by atomic mass is 16.6. The van der Waals surface area contributed by atoms with E-state index in [1.165, 1.54) is 30.4 Å². The maximum absolute atomic E-state index is 11.8. The van der Waals surface area contributed by atoms with E-state index in [9.17, 15) is 29.7 Å². The van der Waals surface area contributed by atoms with E-state index < -0.39 is 29.6 Å². The summed E-state index contributed by atoms with van der Waals surface area (Å²) in [6, 6.07) is 3.01. The van der Waals surface area contributed by atoms with Crippen molar-refractivity contribution in [2.24, 2.45) is 0 Å². The number of hydrogen-bond acceptors (Lipinski definition) is 6. The molecule has 0 aliphatic rings. The lowest BCUT2D eigenvalue weighted by atomic mass is 10.1. The number of phenols is 2. The van der Waals surface area contributed by atoms with E-state index in [-0.39, 0.29) is 24.5 Å². The predicted molar refractivity (Wildman–Crippen MR) is 102 cm³/mol. The number of rotatable bonds is 8. The standard InChI is InChI=1S/C19H26N2O7/c1-19(2,3)28-18(27)21-13(17(25)26)5-4-10-20-16(24)9-7-12-6-8-14(22)15(23)11-12/h6-9,11,13,22-23H,4-5,10H2,1-3H3,(H,20,24)(H,21,27)(H,25,26)/b9-7+/t13-/m0/s1. The molecule has 0 aliphatic heterocycles. The van der Waals surface area contributed by atoms with Crippen LogP contribution in [-0.4, -0.2) is 51.5 Å². The molecule has 0 radical (unpaired) electrons. The van der Waals surface area contributed by atoms with Crippen molar-refractivity contribution in [3.63, 3.8) is 0 Å². The number of nitrogens with one attached hydrogen (secondary N) is 2. The van der Waals surface area contributed by atoms with Crippen LogP contribution in [-0.2, 0) is 14.3 Å². The fourth-order valence-electron chi connectivity index (χ4n) is 2.10. The molecule has 1 aromatic carbocycles. The van der Waals surface area contributed by atoms with Gasteiger partial charge in [-0.3, -0.25) is 4.79 Å². The Labute approximate surface area is 163 Å². The number of ether oxygens (including phenoxy) is 1. The van der Waals surface area contributed by atoms with Gasteiger partial charge in [-0.2, -0.15) is 0 Å². The zero-order valence-corrected chi connectivity index (χ0v) is 16.1. The second kappa shape index (κ2) is 10.2. The average molecular weight is 394 g/mol. The van der Waals surface area contributed by atoms with E-state index in [0.29, 0.717) is 12.0 Å². The van der Waals surface area contributed by atoms with Crippen molar-refractivity contribution in [1.82, 2.24) is 10.6 Å². The highest BCUT2D eigenvalue weighted by Gasteiger charge is 2.23. The summed E-state index contributed by atoms with van der Waals surface area (Å²) in [5.74, 6) is -2.14. The molecule has 154 valence electrons. The van der Waals surface area contributed by atoms with Crippen LogP contribution < -0.4 is 10.6 Å². The van der Waals surface area contributed by atoms with Crippen LogP contribution in [0, 0.1) is 0 Å². The zero-order valence-electron chi connectivity index (χ0n) is 16.1. The lowest BCUT2D eigenvalue weighted by molar-refractivity contribution is -0.139. The Morgan fingerprint density at radius 3 is 2.43 bits per heavy atom. The summed E-state index contributed by atoms with van der Waals surface area (Å²) < 4.78 is 5.03. The lowest BCUT2D eigenvalue weighted by Gasteiger charge is -2.22. The summed E-state index contributed by atoms with van der Waals surface area (Å²) >= 11 is 0. The van der Waals surface area contributed by atoms with Crippen LogP contribution in [0.15, 0.2) is 24.3 Å². The Balaban J connectivity index is 2.40. The van der Waals surface area contributed by atoms with E-state index in [2.05, 4.69) is 10.6 Å². The van der Waals surface area contributed by atoms with Gasteiger partial charge in [-0.1, -0.05) is 6.07 Å². The van der Waals surface area contributed by atoms with Crippen molar-refractivity contribution < 1.29 is 34.4 Å². The van der Waals surface area contributed by atoms with E-state index in [4.69, 9.17) is 4.74 Å². The molecule has 0 saturated carbocycles. The van der Waals surface area contributed by atoms with E-state index >= 15 is 0 Å². The van der Waals surface area contributed by atoms with Crippen LogP contribution in [0.3, 0.4) is 0 Å². The van der Waals surface area contributed by atoms with Crippen LogP contribution in [0.25, 0.3) is 6.08 Å².